The van der Waals surface area contributed by atoms with Gasteiger partial charge in [0.15, 0.2) is 6.29 Å². The van der Waals surface area contributed by atoms with Gasteiger partial charge < -0.3 is 24.1 Å². The number of hydrogen-bond acceptors (Lipinski definition) is 8. The highest BCUT2D eigenvalue weighted by molar-refractivity contribution is 6.35. The van der Waals surface area contributed by atoms with Crippen LogP contribution in [0.5, 0.6) is 0 Å². The topological polar surface area (TPSA) is 108 Å². The Labute approximate surface area is 251 Å². The average Bonchev–Trinajstić information content (AvgIpc) is 3.69. The third kappa shape index (κ3) is 7.12. The third-order valence-corrected chi connectivity index (χ3v) is 12.9. The molecule has 8 nitrogen and oxygen atoms in total. The van der Waals surface area contributed by atoms with E-state index < -0.39 is 6.29 Å². The predicted molar refractivity (Wildman–Crippen MR) is 156 cm³/mol. The monoisotopic (exact) mass is 588 g/mol. The average molecular weight is 589 g/mol. The Morgan fingerprint density at radius 1 is 0.854 bits per heavy atom. The van der Waals surface area contributed by atoms with Crippen molar-refractivity contribution in [1.82, 2.24) is 0 Å². The molecule has 0 spiro atoms. The van der Waals surface area contributed by atoms with E-state index in [0.717, 1.165) is 37.5 Å². The molecule has 0 aromatic rings. The van der Waals surface area contributed by atoms with Gasteiger partial charge in [-0.1, -0.05) is 63.3 Å². The van der Waals surface area contributed by atoms with E-state index in [4.69, 9.17) is 18.9 Å². The van der Waals surface area contributed by atoms with E-state index >= 15 is 0 Å². The first-order valence-electron chi connectivity index (χ1n) is 15.5. The molecule has 41 heavy (non-hydrogen) atoms. The summed E-state index contributed by atoms with van der Waals surface area (Å²) in [5.74, 6) is 2.72. The molecule has 0 aromatic carbocycles. The Morgan fingerprint density at radius 2 is 1.34 bits per heavy atom. The molecule has 4 bridgehead atoms. The summed E-state index contributed by atoms with van der Waals surface area (Å²) < 4.78 is 21.5. The molecule has 2 heterocycles. The largest absolute Gasteiger partial charge is 0.458 e. The number of carbonyl (C=O) groups excluding carboxylic acids is 3. The minimum atomic E-state index is -0.659. The fourth-order valence-electron chi connectivity index (χ4n) is 7.68. The maximum absolute atomic E-state index is 11.5. The van der Waals surface area contributed by atoms with Crippen LogP contribution >= 0.6 is 0 Å². The lowest BCUT2D eigenvalue weighted by molar-refractivity contribution is -0.160. The van der Waals surface area contributed by atoms with Crippen molar-refractivity contribution in [2.24, 2.45) is 47.3 Å². The number of esters is 3. The molecule has 4 saturated carbocycles. The molecule has 1 N–H and O–H groups in total. The van der Waals surface area contributed by atoms with Gasteiger partial charge in [-0.2, -0.15) is 0 Å². The first-order valence-corrected chi connectivity index (χ1v) is 17.5. The van der Waals surface area contributed by atoms with Crippen LogP contribution in [0, 0.1) is 47.3 Å². The highest BCUT2D eigenvalue weighted by atomic mass is 27.1. The zero-order chi connectivity index (χ0) is 30.2. The Kier molecular flexibility index (Phi) is 10.5. The Morgan fingerprint density at radius 3 is 1.88 bits per heavy atom. The molecular formula is C32H49AlO8. The summed E-state index contributed by atoms with van der Waals surface area (Å²) in [6.45, 7) is 19.7. The Bertz CT molecular complexity index is 1020. The fraction of sp³-hybridized carbons (Fsp3) is 0.781. The second-order valence-electron chi connectivity index (χ2n) is 14.0. The quantitative estimate of drug-likeness (QED) is 0.192. The van der Waals surface area contributed by atoms with E-state index in [-0.39, 0.29) is 60.1 Å². The van der Waals surface area contributed by atoms with Gasteiger partial charge in [0.05, 0.1) is 5.92 Å². The minimum Gasteiger partial charge on any atom is -0.458 e. The normalized spacial score (nSPS) is 38.2. The van der Waals surface area contributed by atoms with E-state index in [2.05, 4.69) is 40.9 Å². The summed E-state index contributed by atoms with van der Waals surface area (Å²) in [5, 5.41) is 12.8. The molecule has 4 aliphatic carbocycles. The van der Waals surface area contributed by atoms with Crippen molar-refractivity contribution in [3.63, 3.8) is 0 Å². The summed E-state index contributed by atoms with van der Waals surface area (Å²) in [4.78, 5) is 34.4. The molecule has 0 amide bonds. The van der Waals surface area contributed by atoms with Gasteiger partial charge in [-0.15, -0.1) is 0 Å². The van der Waals surface area contributed by atoms with Crippen molar-refractivity contribution in [1.29, 1.82) is 0 Å². The van der Waals surface area contributed by atoms with Gasteiger partial charge in [-0.25, -0.2) is 9.59 Å². The number of aliphatic hydroxyl groups excluding tert-OH is 1. The van der Waals surface area contributed by atoms with Gasteiger partial charge >= 0.3 is 17.9 Å². The Hall–Kier alpha value is -1.66. The summed E-state index contributed by atoms with van der Waals surface area (Å²) in [6.07, 6.45) is 2.33. The number of carbonyl (C=O) groups is 3. The van der Waals surface area contributed by atoms with Crippen LogP contribution in [0.4, 0.5) is 0 Å². The molecule has 228 valence electrons. The number of ether oxygens (including phenoxy) is 4. The fourth-order valence-corrected chi connectivity index (χ4v) is 9.55. The van der Waals surface area contributed by atoms with Gasteiger partial charge in [0.1, 0.15) is 24.4 Å². The van der Waals surface area contributed by atoms with Crippen molar-refractivity contribution in [2.75, 3.05) is 0 Å². The van der Waals surface area contributed by atoms with Crippen LogP contribution in [0.15, 0.2) is 24.3 Å². The first-order chi connectivity index (χ1) is 19.3. The maximum Gasteiger partial charge on any atom is 0.333 e. The van der Waals surface area contributed by atoms with Crippen LogP contribution in [0.25, 0.3) is 0 Å². The molecule has 6 fully saturated rings. The molecule has 11 atom stereocenters. The smallest absolute Gasteiger partial charge is 0.333 e. The lowest BCUT2D eigenvalue weighted by Crippen LogP contribution is -2.36. The molecule has 6 rings (SSSR count). The standard InChI is InChI=1S/C12H16O4.C12H14O4.2C4H9.Al.H/c2*1-5(2)11(13)15-9-6-3-7-8(4-6)12(14)16-10(7)9;2*1-4(2)3;;/h6-10,12,14H,1,3-4H2,2H3;6-10H,1,3-4H2,2H3;2*4H,1H2,2-3H3;;. The summed E-state index contributed by atoms with van der Waals surface area (Å²) in [6, 6.07) is 0. The molecule has 9 heteroatoms. The zero-order valence-corrected chi connectivity index (χ0v) is 27.1. The van der Waals surface area contributed by atoms with E-state index in [0.29, 0.717) is 44.1 Å². The SMILES string of the molecule is C=C(C)C(=O)OC1C2CC3C(=O)OC1C3C2.C=C(C)C(=O)OC1C2CC3C(O)OC1C3C2.CC(C)[CH2][AlH][CH2]C(C)C. The van der Waals surface area contributed by atoms with Crippen LogP contribution in [-0.4, -0.2) is 68.9 Å². The van der Waals surface area contributed by atoms with Crippen LogP contribution < -0.4 is 0 Å². The second kappa shape index (κ2) is 13.3. The Balaban J connectivity index is 0.000000149. The molecule has 2 saturated heterocycles. The number of hydrogen-bond donors (Lipinski definition) is 1. The van der Waals surface area contributed by atoms with Crippen molar-refractivity contribution in [3.05, 3.63) is 24.3 Å². The van der Waals surface area contributed by atoms with E-state index in [1.807, 2.05) is 0 Å². The van der Waals surface area contributed by atoms with Gasteiger partial charge in [0.2, 0.25) is 15.2 Å². The first kappa shape index (κ1) is 32.3. The van der Waals surface area contributed by atoms with Crippen molar-refractivity contribution >= 4 is 33.1 Å². The van der Waals surface area contributed by atoms with Crippen LogP contribution in [0.3, 0.4) is 0 Å². The lowest BCUT2D eigenvalue weighted by atomic mass is 9.87. The number of aliphatic hydroxyl groups is 1. The van der Waals surface area contributed by atoms with Crippen molar-refractivity contribution in [3.8, 4) is 0 Å². The molecule has 0 radical (unpaired) electrons. The van der Waals surface area contributed by atoms with Crippen molar-refractivity contribution < 1.29 is 38.4 Å². The molecule has 11 unspecified atom stereocenters. The summed E-state index contributed by atoms with van der Waals surface area (Å²) in [7, 11) is 0. The minimum absolute atomic E-state index is 0.0646. The van der Waals surface area contributed by atoms with Crippen LogP contribution in [0.1, 0.15) is 67.2 Å². The molecular weight excluding hydrogens is 539 g/mol. The maximum atomic E-state index is 11.5. The van der Waals surface area contributed by atoms with E-state index in [9.17, 15) is 19.5 Å². The molecule has 6 aliphatic rings. The third-order valence-electron chi connectivity index (χ3n) is 9.73. The van der Waals surface area contributed by atoms with Crippen LogP contribution in [-0.2, 0) is 33.3 Å². The van der Waals surface area contributed by atoms with Gasteiger partial charge in [0, 0.05) is 28.9 Å². The number of fused-ring (bicyclic) bond motifs is 2. The number of rotatable bonds is 8. The molecule has 0 aromatic heterocycles. The van der Waals surface area contributed by atoms with Gasteiger partial charge in [0.25, 0.3) is 0 Å². The van der Waals surface area contributed by atoms with E-state index in [1.165, 1.54) is 10.6 Å². The predicted octanol–water partition coefficient (Wildman–Crippen LogP) is 4.47. The van der Waals surface area contributed by atoms with E-state index in [1.54, 1.807) is 13.8 Å². The highest BCUT2D eigenvalue weighted by Crippen LogP contribution is 2.57. The highest BCUT2D eigenvalue weighted by Gasteiger charge is 2.63. The van der Waals surface area contributed by atoms with Crippen LogP contribution in [0.2, 0.25) is 10.6 Å². The van der Waals surface area contributed by atoms with Gasteiger partial charge in [-0.3, -0.25) is 4.79 Å². The summed E-state index contributed by atoms with van der Waals surface area (Å²) >= 11 is 0.316. The molecule has 2 aliphatic heterocycles. The lowest BCUT2D eigenvalue weighted by Gasteiger charge is -2.26. The zero-order valence-electron chi connectivity index (χ0n) is 25.7. The van der Waals surface area contributed by atoms with Crippen molar-refractivity contribution in [2.45, 2.75) is 108 Å². The second-order valence-corrected chi connectivity index (χ2v) is 15.8. The van der Waals surface area contributed by atoms with Gasteiger partial charge in [-0.05, 0) is 51.4 Å². The summed E-state index contributed by atoms with van der Waals surface area (Å²) in [5.41, 5.74) is 0.807.